The standard InChI is InChI=1S/C18H21NO4/c1-10(2)9-23-18(22)11-6-7-15-14(8-11)12-4-3-5-13(12)16(19-15)17(20)21/h3-4,6-8,10,12-13,16,19H,5,9H2,1-2H3,(H,20,21)/t12-,13-,16-/m0/s1. The minimum absolute atomic E-state index is 0.0121. The number of hydrogen-bond donors (Lipinski definition) is 2. The topological polar surface area (TPSA) is 75.6 Å². The number of hydrogen-bond acceptors (Lipinski definition) is 4. The number of aliphatic carboxylic acids is 1. The number of fused-ring (bicyclic) bond motifs is 3. The molecule has 1 aromatic rings. The molecule has 0 bridgehead atoms. The monoisotopic (exact) mass is 315 g/mol. The van der Waals surface area contributed by atoms with Gasteiger partial charge in [-0.15, -0.1) is 0 Å². The van der Waals surface area contributed by atoms with Crippen molar-refractivity contribution in [1.82, 2.24) is 0 Å². The van der Waals surface area contributed by atoms with Crippen LogP contribution in [0.5, 0.6) is 0 Å². The molecule has 0 fully saturated rings. The molecule has 122 valence electrons. The van der Waals surface area contributed by atoms with Gasteiger partial charge in [0.05, 0.1) is 12.2 Å². The van der Waals surface area contributed by atoms with Crippen molar-refractivity contribution in [3.63, 3.8) is 0 Å². The summed E-state index contributed by atoms with van der Waals surface area (Å²) in [6, 6.07) is 4.70. The molecule has 3 rings (SSSR count). The zero-order valence-electron chi connectivity index (χ0n) is 13.3. The van der Waals surface area contributed by atoms with Crippen LogP contribution in [0.1, 0.15) is 42.1 Å². The largest absolute Gasteiger partial charge is 0.480 e. The summed E-state index contributed by atoms with van der Waals surface area (Å²) in [5.74, 6) is -0.862. The lowest BCUT2D eigenvalue weighted by atomic mass is 9.79. The van der Waals surface area contributed by atoms with Gasteiger partial charge in [0.2, 0.25) is 0 Å². The van der Waals surface area contributed by atoms with E-state index < -0.39 is 12.0 Å². The number of carbonyl (C=O) groups is 2. The molecule has 1 aliphatic heterocycles. The molecule has 0 spiro atoms. The highest BCUT2D eigenvalue weighted by Gasteiger charge is 2.40. The second-order valence-electron chi connectivity index (χ2n) is 6.61. The lowest BCUT2D eigenvalue weighted by Gasteiger charge is -2.34. The summed E-state index contributed by atoms with van der Waals surface area (Å²) in [4.78, 5) is 23.6. The molecule has 5 heteroatoms. The van der Waals surface area contributed by atoms with Crippen molar-refractivity contribution in [2.45, 2.75) is 32.2 Å². The summed E-state index contributed by atoms with van der Waals surface area (Å²) in [6.07, 6.45) is 4.80. The lowest BCUT2D eigenvalue weighted by Crippen LogP contribution is -2.41. The Morgan fingerprint density at radius 2 is 2.17 bits per heavy atom. The van der Waals surface area contributed by atoms with Gasteiger partial charge < -0.3 is 15.2 Å². The summed E-state index contributed by atoms with van der Waals surface area (Å²) in [7, 11) is 0. The van der Waals surface area contributed by atoms with Gasteiger partial charge in [0.25, 0.3) is 0 Å². The Morgan fingerprint density at radius 3 is 2.87 bits per heavy atom. The van der Waals surface area contributed by atoms with Gasteiger partial charge >= 0.3 is 11.9 Å². The van der Waals surface area contributed by atoms with Crippen molar-refractivity contribution in [2.24, 2.45) is 11.8 Å². The molecule has 2 N–H and O–H groups in total. The number of carbonyl (C=O) groups excluding carboxylic acids is 1. The van der Waals surface area contributed by atoms with Crippen LogP contribution in [-0.4, -0.2) is 29.7 Å². The molecule has 1 aromatic carbocycles. The molecule has 0 aromatic heterocycles. The number of carboxylic acids is 1. The van der Waals surface area contributed by atoms with Gasteiger partial charge in [0, 0.05) is 17.5 Å². The number of esters is 1. The zero-order valence-corrected chi connectivity index (χ0v) is 13.3. The highest BCUT2D eigenvalue weighted by Crippen LogP contribution is 2.44. The highest BCUT2D eigenvalue weighted by atomic mass is 16.5. The van der Waals surface area contributed by atoms with Crippen molar-refractivity contribution in [2.75, 3.05) is 11.9 Å². The summed E-state index contributed by atoms with van der Waals surface area (Å²) < 4.78 is 5.28. The average molecular weight is 315 g/mol. The quantitative estimate of drug-likeness (QED) is 0.660. The lowest BCUT2D eigenvalue weighted by molar-refractivity contribution is -0.139. The van der Waals surface area contributed by atoms with Gasteiger partial charge in [0.15, 0.2) is 0 Å². The van der Waals surface area contributed by atoms with Crippen LogP contribution in [0.4, 0.5) is 5.69 Å². The second-order valence-corrected chi connectivity index (χ2v) is 6.61. The molecule has 1 aliphatic carbocycles. The predicted molar refractivity (Wildman–Crippen MR) is 86.6 cm³/mol. The second kappa shape index (κ2) is 6.07. The van der Waals surface area contributed by atoms with E-state index in [1.807, 2.05) is 32.1 Å². The third-order valence-corrected chi connectivity index (χ3v) is 4.41. The van der Waals surface area contributed by atoms with Gasteiger partial charge in [-0.1, -0.05) is 26.0 Å². The van der Waals surface area contributed by atoms with Crippen LogP contribution >= 0.6 is 0 Å². The molecule has 23 heavy (non-hydrogen) atoms. The number of nitrogens with one attached hydrogen (secondary N) is 1. The maximum Gasteiger partial charge on any atom is 0.338 e. The average Bonchev–Trinajstić information content (AvgIpc) is 3.00. The van der Waals surface area contributed by atoms with Gasteiger partial charge in [0.1, 0.15) is 6.04 Å². The fraction of sp³-hybridized carbons (Fsp3) is 0.444. The summed E-state index contributed by atoms with van der Waals surface area (Å²) in [5, 5.41) is 12.5. The Labute approximate surface area is 135 Å². The van der Waals surface area contributed by atoms with E-state index in [-0.39, 0.29) is 23.7 Å². The smallest absolute Gasteiger partial charge is 0.338 e. The van der Waals surface area contributed by atoms with Crippen LogP contribution in [0.25, 0.3) is 0 Å². The SMILES string of the molecule is CC(C)COC(=O)c1ccc2c(c1)[C@H]1C=CC[C@@H]1[C@@H](C(=O)O)N2. The third kappa shape index (κ3) is 2.96. The summed E-state index contributed by atoms with van der Waals surface area (Å²) in [5.41, 5.74) is 2.27. The molecule has 5 nitrogen and oxygen atoms in total. The van der Waals surface area contributed by atoms with Crippen molar-refractivity contribution in [3.05, 3.63) is 41.5 Å². The Hall–Kier alpha value is -2.30. The van der Waals surface area contributed by atoms with Crippen LogP contribution in [0.3, 0.4) is 0 Å². The number of benzene rings is 1. The molecule has 0 radical (unpaired) electrons. The maximum absolute atomic E-state index is 12.1. The maximum atomic E-state index is 12.1. The van der Waals surface area contributed by atoms with Gasteiger partial charge in [-0.05, 0) is 36.1 Å². The molecule has 0 unspecified atom stereocenters. The molecule has 3 atom stereocenters. The van der Waals surface area contributed by atoms with E-state index in [4.69, 9.17) is 4.74 Å². The summed E-state index contributed by atoms with van der Waals surface area (Å²) >= 11 is 0. The molecule has 1 heterocycles. The molecular formula is C18H21NO4. The number of allylic oxidation sites excluding steroid dienone is 2. The molecule has 2 aliphatic rings. The van der Waals surface area contributed by atoms with E-state index >= 15 is 0 Å². The van der Waals surface area contributed by atoms with Crippen LogP contribution in [0, 0.1) is 11.8 Å². The Kier molecular flexibility index (Phi) is 4.11. The number of anilines is 1. The van der Waals surface area contributed by atoms with Crippen molar-refractivity contribution in [3.8, 4) is 0 Å². The van der Waals surface area contributed by atoms with E-state index in [2.05, 4.69) is 5.32 Å². The Morgan fingerprint density at radius 1 is 1.39 bits per heavy atom. The van der Waals surface area contributed by atoms with E-state index in [0.29, 0.717) is 12.2 Å². The van der Waals surface area contributed by atoms with Gasteiger partial charge in [-0.2, -0.15) is 0 Å². The third-order valence-electron chi connectivity index (χ3n) is 4.41. The van der Waals surface area contributed by atoms with E-state index in [1.54, 1.807) is 12.1 Å². The van der Waals surface area contributed by atoms with Crippen LogP contribution < -0.4 is 5.32 Å². The Bertz CT molecular complexity index is 665. The number of ether oxygens (including phenoxy) is 1. The first-order valence-corrected chi connectivity index (χ1v) is 7.94. The van der Waals surface area contributed by atoms with Crippen molar-refractivity contribution in [1.29, 1.82) is 0 Å². The predicted octanol–water partition coefficient (Wildman–Crippen LogP) is 3.04. The highest BCUT2D eigenvalue weighted by molar-refractivity contribution is 5.91. The van der Waals surface area contributed by atoms with Crippen LogP contribution in [0.2, 0.25) is 0 Å². The first kappa shape index (κ1) is 15.6. The molecular weight excluding hydrogens is 294 g/mol. The normalized spacial score (nSPS) is 24.7. The Balaban J connectivity index is 1.88. The van der Waals surface area contributed by atoms with E-state index in [0.717, 1.165) is 17.7 Å². The van der Waals surface area contributed by atoms with Crippen LogP contribution in [-0.2, 0) is 9.53 Å². The van der Waals surface area contributed by atoms with Crippen molar-refractivity contribution < 1.29 is 19.4 Å². The van der Waals surface area contributed by atoms with E-state index in [9.17, 15) is 14.7 Å². The fourth-order valence-corrected chi connectivity index (χ4v) is 3.29. The fourth-order valence-electron chi connectivity index (χ4n) is 3.29. The minimum Gasteiger partial charge on any atom is -0.480 e. The zero-order chi connectivity index (χ0) is 16.6. The van der Waals surface area contributed by atoms with Crippen molar-refractivity contribution >= 4 is 17.6 Å². The first-order valence-electron chi connectivity index (χ1n) is 7.94. The van der Waals surface area contributed by atoms with Gasteiger partial charge in [-0.25, -0.2) is 9.59 Å². The molecule has 0 amide bonds. The minimum atomic E-state index is -0.838. The van der Waals surface area contributed by atoms with Gasteiger partial charge in [-0.3, -0.25) is 0 Å². The van der Waals surface area contributed by atoms with Crippen LogP contribution in [0.15, 0.2) is 30.4 Å². The van der Waals surface area contributed by atoms with E-state index in [1.165, 1.54) is 0 Å². The molecule has 0 saturated heterocycles. The first-order chi connectivity index (χ1) is 11.0. The molecule has 0 saturated carbocycles. The summed E-state index contributed by atoms with van der Waals surface area (Å²) in [6.45, 7) is 4.37. The number of rotatable bonds is 4. The number of carboxylic acid groups (broad SMARTS) is 1.